The molecule has 5 nitrogen and oxygen atoms in total. The summed E-state index contributed by atoms with van der Waals surface area (Å²) in [6, 6.07) is 7.03. The molecule has 27 heavy (non-hydrogen) atoms. The second-order valence-electron chi connectivity index (χ2n) is 8.53. The van der Waals surface area contributed by atoms with Gasteiger partial charge in [0.1, 0.15) is 5.82 Å². The molecule has 1 saturated heterocycles. The van der Waals surface area contributed by atoms with Crippen LogP contribution in [0.25, 0.3) is 0 Å². The predicted molar refractivity (Wildman–Crippen MR) is 102 cm³/mol. The lowest BCUT2D eigenvalue weighted by atomic mass is 9.87. The van der Waals surface area contributed by atoms with Gasteiger partial charge >= 0.3 is 5.97 Å². The van der Waals surface area contributed by atoms with Gasteiger partial charge in [-0.2, -0.15) is 5.10 Å². The third kappa shape index (κ3) is 3.76. The Labute approximate surface area is 159 Å². The van der Waals surface area contributed by atoms with Gasteiger partial charge in [-0.05, 0) is 43.0 Å². The Kier molecular flexibility index (Phi) is 5.12. The maximum absolute atomic E-state index is 13.8. The summed E-state index contributed by atoms with van der Waals surface area (Å²) in [6.07, 6.45) is 2.74. The van der Waals surface area contributed by atoms with Crippen LogP contribution in [-0.2, 0) is 22.3 Å². The van der Waals surface area contributed by atoms with Gasteiger partial charge in [0.2, 0.25) is 0 Å². The van der Waals surface area contributed by atoms with Crippen molar-refractivity contribution in [1.29, 1.82) is 0 Å². The molecule has 0 spiro atoms. The monoisotopic (exact) mass is 373 g/mol. The molecule has 6 heteroatoms. The first kappa shape index (κ1) is 19.5. The quantitative estimate of drug-likeness (QED) is 0.888. The fourth-order valence-electron chi connectivity index (χ4n) is 3.65. The molecule has 0 saturated carbocycles. The van der Waals surface area contributed by atoms with Gasteiger partial charge in [-0.3, -0.25) is 9.58 Å². The molecule has 1 aliphatic heterocycles. The molecule has 2 aromatic rings. The fraction of sp³-hybridized carbons (Fsp3) is 0.524. The Morgan fingerprint density at radius 1 is 1.26 bits per heavy atom. The normalized spacial score (nSPS) is 17.8. The van der Waals surface area contributed by atoms with E-state index in [0.717, 1.165) is 11.3 Å². The summed E-state index contributed by atoms with van der Waals surface area (Å²) in [5.74, 6) is -1.04. The minimum atomic E-state index is -1.02. The van der Waals surface area contributed by atoms with E-state index < -0.39 is 11.5 Å². The number of halogens is 1. The minimum absolute atomic E-state index is 0.124. The molecule has 1 N–H and O–H groups in total. The number of aromatic nitrogens is 2. The van der Waals surface area contributed by atoms with E-state index >= 15 is 0 Å². The van der Waals surface area contributed by atoms with Crippen molar-refractivity contribution >= 4 is 5.97 Å². The number of hydrogen-bond acceptors (Lipinski definition) is 3. The van der Waals surface area contributed by atoms with Crippen LogP contribution in [0.1, 0.15) is 50.4 Å². The van der Waals surface area contributed by atoms with Crippen molar-refractivity contribution in [2.45, 2.75) is 58.0 Å². The van der Waals surface area contributed by atoms with Crippen molar-refractivity contribution in [2.24, 2.45) is 0 Å². The molecule has 1 aromatic carbocycles. The first-order chi connectivity index (χ1) is 12.6. The van der Waals surface area contributed by atoms with E-state index in [4.69, 9.17) is 0 Å². The highest BCUT2D eigenvalue weighted by Gasteiger charge is 2.44. The first-order valence-electron chi connectivity index (χ1n) is 9.40. The van der Waals surface area contributed by atoms with Gasteiger partial charge in [0, 0.05) is 31.2 Å². The number of carbonyl (C=O) groups is 1. The van der Waals surface area contributed by atoms with Crippen molar-refractivity contribution in [3.63, 3.8) is 0 Å². The van der Waals surface area contributed by atoms with Gasteiger partial charge in [-0.25, -0.2) is 9.18 Å². The van der Waals surface area contributed by atoms with Crippen LogP contribution in [0, 0.1) is 12.7 Å². The van der Waals surface area contributed by atoms with Crippen LogP contribution in [0.5, 0.6) is 0 Å². The number of likely N-dealkylation sites (tertiary alicyclic amines) is 1. The molecule has 0 aliphatic carbocycles. The average Bonchev–Trinajstić information content (AvgIpc) is 3.10. The zero-order chi connectivity index (χ0) is 19.8. The lowest BCUT2D eigenvalue weighted by Crippen LogP contribution is -2.51. The molecule has 2 heterocycles. The topological polar surface area (TPSA) is 58.4 Å². The zero-order valence-corrected chi connectivity index (χ0v) is 16.5. The SMILES string of the molecule is Cc1c(F)cccc1CN1CCC(C(=O)O)(n2ccc(C(C)(C)C)n2)CC1. The highest BCUT2D eigenvalue weighted by molar-refractivity contribution is 5.76. The van der Waals surface area contributed by atoms with Crippen LogP contribution in [0.3, 0.4) is 0 Å². The molecule has 0 unspecified atom stereocenters. The smallest absolute Gasteiger partial charge is 0.331 e. The van der Waals surface area contributed by atoms with E-state index in [1.54, 1.807) is 23.9 Å². The number of piperidine rings is 1. The van der Waals surface area contributed by atoms with Crippen LogP contribution in [-0.4, -0.2) is 38.8 Å². The zero-order valence-electron chi connectivity index (χ0n) is 16.5. The Morgan fingerprint density at radius 3 is 2.48 bits per heavy atom. The van der Waals surface area contributed by atoms with Crippen LogP contribution in [0.2, 0.25) is 0 Å². The van der Waals surface area contributed by atoms with Crippen LogP contribution in [0.4, 0.5) is 4.39 Å². The summed E-state index contributed by atoms with van der Waals surface area (Å²) in [7, 11) is 0. The Bertz CT molecular complexity index is 830. The number of hydrogen-bond donors (Lipinski definition) is 1. The number of benzene rings is 1. The first-order valence-corrected chi connectivity index (χ1v) is 9.40. The summed E-state index contributed by atoms with van der Waals surface area (Å²) in [6.45, 7) is 9.88. The lowest BCUT2D eigenvalue weighted by Gasteiger charge is -2.39. The maximum Gasteiger partial charge on any atom is 0.331 e. The van der Waals surface area contributed by atoms with Crippen LogP contribution < -0.4 is 0 Å². The maximum atomic E-state index is 13.8. The van der Waals surface area contributed by atoms with E-state index in [0.29, 0.717) is 38.0 Å². The summed E-state index contributed by atoms with van der Waals surface area (Å²) < 4.78 is 15.4. The summed E-state index contributed by atoms with van der Waals surface area (Å²) in [5.41, 5.74) is 1.36. The van der Waals surface area contributed by atoms with Gasteiger partial charge < -0.3 is 5.11 Å². The highest BCUT2D eigenvalue weighted by atomic mass is 19.1. The number of carboxylic acid groups (broad SMARTS) is 1. The second-order valence-corrected chi connectivity index (χ2v) is 8.53. The summed E-state index contributed by atoms with van der Waals surface area (Å²) in [5, 5.41) is 14.6. The average molecular weight is 373 g/mol. The molecule has 146 valence electrons. The number of nitrogens with zero attached hydrogens (tertiary/aromatic N) is 3. The second kappa shape index (κ2) is 7.08. The van der Waals surface area contributed by atoms with Crippen molar-refractivity contribution in [3.05, 3.63) is 53.1 Å². The summed E-state index contributed by atoms with van der Waals surface area (Å²) >= 11 is 0. The Hall–Kier alpha value is -2.21. The minimum Gasteiger partial charge on any atom is -0.479 e. The van der Waals surface area contributed by atoms with Crippen molar-refractivity contribution < 1.29 is 14.3 Å². The third-order valence-electron chi connectivity index (χ3n) is 5.65. The van der Waals surface area contributed by atoms with Crippen LogP contribution in [0.15, 0.2) is 30.5 Å². The van der Waals surface area contributed by atoms with Crippen LogP contribution >= 0.6 is 0 Å². The molecule has 3 rings (SSSR count). The van der Waals surface area contributed by atoms with Gasteiger partial charge in [0.15, 0.2) is 5.54 Å². The van der Waals surface area contributed by atoms with Gasteiger partial charge in [0.05, 0.1) is 5.69 Å². The predicted octanol–water partition coefficient (Wildman–Crippen LogP) is 3.70. The Balaban J connectivity index is 1.77. The van der Waals surface area contributed by atoms with Crippen molar-refractivity contribution in [1.82, 2.24) is 14.7 Å². The Morgan fingerprint density at radius 2 is 1.93 bits per heavy atom. The molecular weight excluding hydrogens is 345 g/mol. The van der Waals surface area contributed by atoms with Gasteiger partial charge in [-0.15, -0.1) is 0 Å². The molecule has 1 aliphatic rings. The number of carboxylic acids is 1. The van der Waals surface area contributed by atoms with Crippen molar-refractivity contribution in [2.75, 3.05) is 13.1 Å². The van der Waals surface area contributed by atoms with E-state index in [1.165, 1.54) is 6.07 Å². The van der Waals surface area contributed by atoms with E-state index in [-0.39, 0.29) is 11.2 Å². The van der Waals surface area contributed by atoms with E-state index in [2.05, 4.69) is 30.8 Å². The van der Waals surface area contributed by atoms with Crippen molar-refractivity contribution in [3.8, 4) is 0 Å². The molecule has 1 aromatic heterocycles. The van der Waals surface area contributed by atoms with Gasteiger partial charge in [-0.1, -0.05) is 32.9 Å². The lowest BCUT2D eigenvalue weighted by molar-refractivity contribution is -0.151. The van der Waals surface area contributed by atoms with E-state index in [9.17, 15) is 14.3 Å². The number of aliphatic carboxylic acids is 1. The molecular formula is C21H28FN3O2. The summed E-state index contributed by atoms with van der Waals surface area (Å²) in [4.78, 5) is 14.4. The third-order valence-corrected chi connectivity index (χ3v) is 5.65. The number of rotatable bonds is 4. The largest absolute Gasteiger partial charge is 0.479 e. The highest BCUT2D eigenvalue weighted by Crippen LogP contribution is 2.32. The fourth-order valence-corrected chi connectivity index (χ4v) is 3.65. The van der Waals surface area contributed by atoms with E-state index in [1.807, 2.05) is 12.1 Å². The standard InChI is InChI=1S/C21H28FN3O2/c1-15-16(6-5-7-17(15)22)14-24-12-9-21(10-13-24,19(26)27)25-11-8-18(23-25)20(2,3)4/h5-8,11H,9-10,12-14H2,1-4H3,(H,26,27). The molecule has 1 fully saturated rings. The molecule has 0 amide bonds. The molecule has 0 bridgehead atoms. The molecule has 0 radical (unpaired) electrons. The van der Waals surface area contributed by atoms with Gasteiger partial charge in [0.25, 0.3) is 0 Å². The molecule has 0 atom stereocenters.